The summed E-state index contributed by atoms with van der Waals surface area (Å²) in [5.74, 6) is 1.52. The zero-order valence-electron chi connectivity index (χ0n) is 18.4. The van der Waals surface area contributed by atoms with Crippen molar-refractivity contribution in [2.24, 2.45) is 5.92 Å². The molecule has 31 heavy (non-hydrogen) atoms. The van der Waals surface area contributed by atoms with Crippen LogP contribution in [0.25, 0.3) is 11.4 Å². The minimum atomic E-state index is -0.436. The van der Waals surface area contributed by atoms with Crippen molar-refractivity contribution in [2.75, 3.05) is 18.6 Å². The number of rotatable bonds is 5. The molecule has 164 valence electrons. The van der Waals surface area contributed by atoms with Crippen molar-refractivity contribution in [3.63, 3.8) is 0 Å². The van der Waals surface area contributed by atoms with Gasteiger partial charge in [0.15, 0.2) is 5.82 Å². The van der Waals surface area contributed by atoms with Crippen LogP contribution >= 0.6 is 0 Å². The van der Waals surface area contributed by atoms with Crippen LogP contribution in [0.4, 0.5) is 10.2 Å². The third-order valence-corrected chi connectivity index (χ3v) is 5.10. The van der Waals surface area contributed by atoms with E-state index in [-0.39, 0.29) is 11.8 Å². The van der Waals surface area contributed by atoms with Crippen LogP contribution in [0, 0.1) is 11.7 Å². The lowest BCUT2D eigenvalue weighted by Gasteiger charge is -2.35. The first-order valence-corrected chi connectivity index (χ1v) is 10.7. The van der Waals surface area contributed by atoms with Crippen LogP contribution in [0.2, 0.25) is 0 Å². The molecule has 1 atom stereocenters. The molecule has 0 aliphatic carbocycles. The first kappa shape index (κ1) is 22.5. The Morgan fingerprint density at radius 1 is 1.23 bits per heavy atom. The van der Waals surface area contributed by atoms with E-state index in [1.54, 1.807) is 18.6 Å². The fourth-order valence-electron chi connectivity index (χ4n) is 3.64. The number of imidazole rings is 1. The van der Waals surface area contributed by atoms with Crippen molar-refractivity contribution in [3.8, 4) is 17.3 Å². The number of pyridine rings is 2. The number of hydrogen-bond donors (Lipinski definition) is 1. The Morgan fingerprint density at radius 3 is 2.65 bits per heavy atom. The molecule has 1 fully saturated rings. The van der Waals surface area contributed by atoms with Gasteiger partial charge in [0.05, 0.1) is 13.3 Å². The van der Waals surface area contributed by atoms with Crippen molar-refractivity contribution in [1.82, 2.24) is 19.9 Å². The molecule has 0 radical (unpaired) electrons. The summed E-state index contributed by atoms with van der Waals surface area (Å²) in [4.78, 5) is 18.1. The number of H-pyrrole nitrogens is 1. The van der Waals surface area contributed by atoms with Crippen LogP contribution in [0.15, 0.2) is 55.3 Å². The number of aromatic amines is 1. The Morgan fingerprint density at radius 2 is 1.97 bits per heavy atom. The fourth-order valence-corrected chi connectivity index (χ4v) is 3.64. The van der Waals surface area contributed by atoms with Gasteiger partial charge in [-0.05, 0) is 43.0 Å². The summed E-state index contributed by atoms with van der Waals surface area (Å²) in [7, 11) is 1.41. The predicted molar refractivity (Wildman–Crippen MR) is 121 cm³/mol. The highest BCUT2D eigenvalue weighted by Crippen LogP contribution is 2.33. The lowest BCUT2D eigenvalue weighted by Crippen LogP contribution is -2.33. The summed E-state index contributed by atoms with van der Waals surface area (Å²) < 4.78 is 18.9. The van der Waals surface area contributed by atoms with Crippen LogP contribution in [0.3, 0.4) is 0 Å². The van der Waals surface area contributed by atoms with E-state index in [4.69, 9.17) is 4.74 Å². The number of aromatic nitrogens is 4. The quantitative estimate of drug-likeness (QED) is 0.595. The fraction of sp³-hybridized carbons (Fsp3) is 0.375. The van der Waals surface area contributed by atoms with Gasteiger partial charge in [-0.3, -0.25) is 4.98 Å². The summed E-state index contributed by atoms with van der Waals surface area (Å²) in [6, 6.07) is 5.33. The second-order valence-corrected chi connectivity index (χ2v) is 7.58. The third-order valence-electron chi connectivity index (χ3n) is 5.10. The van der Waals surface area contributed by atoms with Gasteiger partial charge in [0.1, 0.15) is 11.6 Å². The van der Waals surface area contributed by atoms with Crippen molar-refractivity contribution < 1.29 is 9.13 Å². The molecular weight excluding hydrogens is 393 g/mol. The molecule has 3 aromatic rings. The summed E-state index contributed by atoms with van der Waals surface area (Å²) in [5, 5.41) is 0. The topological polar surface area (TPSA) is 66.9 Å². The summed E-state index contributed by atoms with van der Waals surface area (Å²) >= 11 is 0. The number of hydrogen-bond acceptors (Lipinski definition) is 5. The molecule has 1 aliphatic heterocycles. The van der Waals surface area contributed by atoms with Gasteiger partial charge in [-0.25, -0.2) is 14.4 Å². The normalized spacial score (nSPS) is 15.9. The van der Waals surface area contributed by atoms with Crippen LogP contribution in [0.5, 0.6) is 5.88 Å². The monoisotopic (exact) mass is 423 g/mol. The van der Waals surface area contributed by atoms with E-state index < -0.39 is 5.82 Å². The number of anilines is 1. The zero-order valence-corrected chi connectivity index (χ0v) is 18.4. The maximum atomic E-state index is 14.0. The third kappa shape index (κ3) is 5.48. The van der Waals surface area contributed by atoms with E-state index in [0.717, 1.165) is 47.9 Å². The van der Waals surface area contributed by atoms with Gasteiger partial charge in [-0.2, -0.15) is 0 Å². The van der Waals surface area contributed by atoms with Gasteiger partial charge in [0.25, 0.3) is 0 Å². The van der Waals surface area contributed by atoms with Gasteiger partial charge in [-0.15, -0.1) is 0 Å². The number of halogens is 1. The molecule has 4 heterocycles. The van der Waals surface area contributed by atoms with Gasteiger partial charge in [-0.1, -0.05) is 26.8 Å². The number of nitrogens with zero attached hydrogens (tertiary/aromatic N) is 4. The maximum absolute atomic E-state index is 14.0. The Balaban J connectivity index is 0.000000858. The molecule has 1 unspecified atom stereocenters. The number of piperidine rings is 1. The van der Waals surface area contributed by atoms with E-state index >= 15 is 0 Å². The Hall–Kier alpha value is -3.22. The summed E-state index contributed by atoms with van der Waals surface area (Å²) in [6.07, 6.45) is 11.0. The van der Waals surface area contributed by atoms with Gasteiger partial charge >= 0.3 is 0 Å². The standard InChI is InChI=1S/C21H22FN5O.C3H8/c1-14-17(10-15-11-18(22)21(28-2)25-12-15)4-3-9-27(14)19-13-24-20(26-19)16-5-7-23-8-6-16;1-3-2/h5-8,11-13,17H,1,3-4,9-10H2,2H3,(H,24,26);3H2,1-2H3. The SMILES string of the molecule is C=C1C(Cc2cnc(OC)c(F)c2)CCCN1c1cnc(-c2ccncc2)[nH]1.CCC. The molecule has 0 saturated carbocycles. The number of nitrogens with one attached hydrogen (secondary N) is 1. The van der Waals surface area contributed by atoms with Crippen LogP contribution in [-0.4, -0.2) is 33.6 Å². The molecule has 0 spiro atoms. The summed E-state index contributed by atoms with van der Waals surface area (Å²) in [6.45, 7) is 9.44. The first-order chi connectivity index (χ1) is 15.1. The highest BCUT2D eigenvalue weighted by molar-refractivity contribution is 5.59. The van der Waals surface area contributed by atoms with Gasteiger partial charge in [0, 0.05) is 42.3 Å². The van der Waals surface area contributed by atoms with Gasteiger partial charge in [0.2, 0.25) is 5.88 Å². The highest BCUT2D eigenvalue weighted by Gasteiger charge is 2.26. The number of methoxy groups -OCH3 is 1. The minimum Gasteiger partial charge on any atom is -0.479 e. The zero-order chi connectivity index (χ0) is 22.2. The lowest BCUT2D eigenvalue weighted by atomic mass is 9.89. The lowest BCUT2D eigenvalue weighted by molar-refractivity contribution is 0.368. The molecule has 0 bridgehead atoms. The number of allylic oxidation sites excluding steroid dienone is 1. The minimum absolute atomic E-state index is 0.0222. The molecule has 1 N–H and O–H groups in total. The first-order valence-electron chi connectivity index (χ1n) is 10.7. The summed E-state index contributed by atoms with van der Waals surface area (Å²) in [5.41, 5.74) is 2.83. The maximum Gasteiger partial charge on any atom is 0.250 e. The molecule has 3 aromatic heterocycles. The average molecular weight is 424 g/mol. The molecule has 4 rings (SSSR count). The van der Waals surface area contributed by atoms with Crippen molar-refractivity contribution in [3.05, 3.63) is 66.6 Å². The van der Waals surface area contributed by atoms with Crippen LogP contribution in [0.1, 0.15) is 38.7 Å². The van der Waals surface area contributed by atoms with Crippen LogP contribution < -0.4 is 9.64 Å². The van der Waals surface area contributed by atoms with Crippen molar-refractivity contribution in [2.45, 2.75) is 39.5 Å². The largest absolute Gasteiger partial charge is 0.479 e. The molecule has 1 saturated heterocycles. The van der Waals surface area contributed by atoms with E-state index in [9.17, 15) is 4.39 Å². The second-order valence-electron chi connectivity index (χ2n) is 7.58. The smallest absolute Gasteiger partial charge is 0.250 e. The molecule has 6 nitrogen and oxygen atoms in total. The van der Waals surface area contributed by atoms with E-state index in [1.807, 2.05) is 18.3 Å². The molecule has 0 amide bonds. The van der Waals surface area contributed by atoms with Crippen molar-refractivity contribution >= 4 is 5.82 Å². The molecule has 1 aliphatic rings. The van der Waals surface area contributed by atoms with E-state index in [0.29, 0.717) is 6.42 Å². The Labute approximate surface area is 183 Å². The van der Waals surface area contributed by atoms with E-state index in [2.05, 4.69) is 45.3 Å². The molecular formula is C24H30FN5O. The Bertz CT molecular complexity index is 989. The average Bonchev–Trinajstić information content (AvgIpc) is 3.27. The molecule has 0 aromatic carbocycles. The van der Waals surface area contributed by atoms with Crippen LogP contribution in [-0.2, 0) is 6.42 Å². The van der Waals surface area contributed by atoms with E-state index in [1.165, 1.54) is 19.6 Å². The highest BCUT2D eigenvalue weighted by atomic mass is 19.1. The second kappa shape index (κ2) is 10.7. The van der Waals surface area contributed by atoms with Crippen molar-refractivity contribution in [1.29, 1.82) is 0 Å². The van der Waals surface area contributed by atoms with Gasteiger partial charge < -0.3 is 14.6 Å². The molecule has 7 heteroatoms. The Kier molecular flexibility index (Phi) is 7.76. The number of ether oxygens (including phenoxy) is 1. The predicted octanol–water partition coefficient (Wildman–Crippen LogP) is 5.40.